The average Bonchev–Trinajstić information content (AvgIpc) is 3.33. The Morgan fingerprint density at radius 3 is 2.47 bits per heavy atom. The monoisotopic (exact) mass is 503 g/mol. The second-order valence-electron chi connectivity index (χ2n) is 8.94. The molecule has 0 bridgehead atoms. The van der Waals surface area contributed by atoms with Crippen molar-refractivity contribution < 1.29 is 8.42 Å². The molecule has 0 spiro atoms. The molecule has 1 fully saturated rings. The van der Waals surface area contributed by atoms with Gasteiger partial charge in [0.1, 0.15) is 23.3 Å². The van der Waals surface area contributed by atoms with Crippen molar-refractivity contribution in [3.63, 3.8) is 0 Å². The standard InChI is InChI=1S/C26H29N7O2S/c1-19-28-25(17-26(29-19)33-13-11-32(2)12-14-33)30-24-16-21(18-27-24)20-7-6-8-22(15-20)31-36(34,35)23-9-4-3-5-10-23/h3-10,15-17,31H,11-14,18H2,1-2H3,(H,27,28,29,30). The fraction of sp³-hybridized carbons (Fsp3) is 0.269. The zero-order valence-corrected chi connectivity index (χ0v) is 21.2. The highest BCUT2D eigenvalue weighted by atomic mass is 32.2. The van der Waals surface area contributed by atoms with Crippen LogP contribution in [0, 0.1) is 6.92 Å². The summed E-state index contributed by atoms with van der Waals surface area (Å²) in [4.78, 5) is 18.6. The van der Waals surface area contributed by atoms with Crippen molar-refractivity contribution in [2.24, 2.45) is 4.99 Å². The SMILES string of the molecule is Cc1nc(NC2=NCC(c3cccc(NS(=O)(=O)c4ccccc4)c3)=C2)cc(N2CCN(C)CC2)n1. The predicted molar refractivity (Wildman–Crippen MR) is 144 cm³/mol. The number of aliphatic imine (C=N–C) groups is 1. The Hall–Kier alpha value is -3.76. The van der Waals surface area contributed by atoms with Crippen LogP contribution in [0.5, 0.6) is 0 Å². The molecular formula is C26H29N7O2S. The fourth-order valence-corrected chi connectivity index (χ4v) is 5.29. The van der Waals surface area contributed by atoms with Gasteiger partial charge in [0, 0.05) is 37.9 Å². The van der Waals surface area contributed by atoms with Crippen LogP contribution in [0.1, 0.15) is 11.4 Å². The van der Waals surface area contributed by atoms with E-state index in [2.05, 4.69) is 41.8 Å². The minimum absolute atomic E-state index is 0.224. The second-order valence-corrected chi connectivity index (χ2v) is 10.6. The molecule has 0 saturated carbocycles. The van der Waals surface area contributed by atoms with Gasteiger partial charge in [-0.15, -0.1) is 0 Å². The van der Waals surface area contributed by atoms with Crippen LogP contribution in [-0.2, 0) is 10.0 Å². The molecule has 3 heterocycles. The van der Waals surface area contributed by atoms with Crippen molar-refractivity contribution in [3.8, 4) is 0 Å². The highest BCUT2D eigenvalue weighted by molar-refractivity contribution is 7.92. The summed E-state index contributed by atoms with van der Waals surface area (Å²) in [5.41, 5.74) is 2.39. The number of anilines is 3. The number of aromatic nitrogens is 2. The van der Waals surface area contributed by atoms with Gasteiger partial charge in [0.05, 0.1) is 11.4 Å². The number of nitrogens with zero attached hydrogens (tertiary/aromatic N) is 5. The number of sulfonamides is 1. The molecular weight excluding hydrogens is 474 g/mol. The highest BCUT2D eigenvalue weighted by Gasteiger charge is 2.18. The van der Waals surface area contributed by atoms with Crippen molar-refractivity contribution in [1.29, 1.82) is 0 Å². The van der Waals surface area contributed by atoms with Crippen molar-refractivity contribution in [2.75, 3.05) is 54.7 Å². The van der Waals surface area contributed by atoms with E-state index in [9.17, 15) is 8.42 Å². The molecule has 5 rings (SSSR count). The number of aryl methyl sites for hydroxylation is 1. The highest BCUT2D eigenvalue weighted by Crippen LogP contribution is 2.25. The van der Waals surface area contributed by atoms with E-state index in [1.165, 1.54) is 0 Å². The van der Waals surface area contributed by atoms with Crippen molar-refractivity contribution >= 4 is 38.8 Å². The van der Waals surface area contributed by atoms with Gasteiger partial charge >= 0.3 is 0 Å². The zero-order valence-electron chi connectivity index (χ0n) is 20.3. The number of hydrogen-bond donors (Lipinski definition) is 2. The molecule has 0 radical (unpaired) electrons. The van der Waals surface area contributed by atoms with E-state index in [-0.39, 0.29) is 4.90 Å². The molecule has 2 N–H and O–H groups in total. The Labute approximate surface area is 211 Å². The van der Waals surface area contributed by atoms with Gasteiger partial charge < -0.3 is 15.1 Å². The number of likely N-dealkylation sites (N-methyl/N-ethyl adjacent to an activating group) is 1. The Kier molecular flexibility index (Phi) is 6.71. The third kappa shape index (κ3) is 5.55. The van der Waals surface area contributed by atoms with Gasteiger partial charge in [-0.05, 0) is 55.4 Å². The van der Waals surface area contributed by atoms with Gasteiger partial charge in [0.25, 0.3) is 10.0 Å². The Bertz CT molecular complexity index is 1410. The second kappa shape index (κ2) is 10.1. The fourth-order valence-electron chi connectivity index (χ4n) is 4.22. The maximum Gasteiger partial charge on any atom is 0.261 e. The van der Waals surface area contributed by atoms with Crippen LogP contribution in [0.15, 0.2) is 76.6 Å². The Balaban J connectivity index is 1.29. The largest absolute Gasteiger partial charge is 0.354 e. The number of rotatable bonds is 6. The summed E-state index contributed by atoms with van der Waals surface area (Å²) in [5, 5.41) is 3.32. The van der Waals surface area contributed by atoms with E-state index in [0.29, 0.717) is 29.7 Å². The predicted octanol–water partition coefficient (Wildman–Crippen LogP) is 3.25. The minimum atomic E-state index is -3.66. The molecule has 2 aromatic carbocycles. The number of benzene rings is 2. The van der Waals surface area contributed by atoms with E-state index in [0.717, 1.165) is 43.1 Å². The van der Waals surface area contributed by atoms with Crippen LogP contribution in [0.4, 0.5) is 17.3 Å². The van der Waals surface area contributed by atoms with Gasteiger partial charge in [0.2, 0.25) is 0 Å². The number of nitrogens with one attached hydrogen (secondary N) is 2. The number of piperazine rings is 1. The Morgan fingerprint density at radius 2 is 1.69 bits per heavy atom. The minimum Gasteiger partial charge on any atom is -0.354 e. The quantitative estimate of drug-likeness (QED) is 0.532. The summed E-state index contributed by atoms with van der Waals surface area (Å²) >= 11 is 0. The molecule has 2 aliphatic heterocycles. The maximum absolute atomic E-state index is 12.7. The zero-order chi connectivity index (χ0) is 25.1. The van der Waals surface area contributed by atoms with Crippen LogP contribution < -0.4 is 14.9 Å². The smallest absolute Gasteiger partial charge is 0.261 e. The maximum atomic E-state index is 12.7. The van der Waals surface area contributed by atoms with Gasteiger partial charge in [-0.1, -0.05) is 30.3 Å². The van der Waals surface area contributed by atoms with Gasteiger partial charge in [-0.3, -0.25) is 9.71 Å². The van der Waals surface area contributed by atoms with Gasteiger partial charge in [0.15, 0.2) is 0 Å². The molecule has 1 saturated heterocycles. The third-order valence-corrected chi connectivity index (χ3v) is 7.57. The summed E-state index contributed by atoms with van der Waals surface area (Å²) in [6.45, 7) is 6.26. The molecule has 36 heavy (non-hydrogen) atoms. The van der Waals surface area contributed by atoms with Gasteiger partial charge in [-0.2, -0.15) is 0 Å². The summed E-state index contributed by atoms with van der Waals surface area (Å²) in [6, 6.07) is 17.6. The molecule has 0 amide bonds. The van der Waals surface area contributed by atoms with Crippen LogP contribution in [0.25, 0.3) is 5.57 Å². The molecule has 0 aliphatic carbocycles. The number of hydrogen-bond acceptors (Lipinski definition) is 8. The van der Waals surface area contributed by atoms with E-state index < -0.39 is 10.0 Å². The summed E-state index contributed by atoms with van der Waals surface area (Å²) < 4.78 is 28.1. The van der Waals surface area contributed by atoms with Crippen LogP contribution in [-0.4, -0.2) is 68.9 Å². The molecule has 3 aromatic rings. The summed E-state index contributed by atoms with van der Waals surface area (Å²) in [5.74, 6) is 3.04. The average molecular weight is 504 g/mol. The molecule has 2 aliphatic rings. The lowest BCUT2D eigenvalue weighted by Crippen LogP contribution is -2.44. The lowest BCUT2D eigenvalue weighted by atomic mass is 10.1. The van der Waals surface area contributed by atoms with Crippen molar-refractivity contribution in [1.82, 2.24) is 14.9 Å². The molecule has 0 unspecified atom stereocenters. The molecule has 186 valence electrons. The topological polar surface area (TPSA) is 103 Å². The van der Waals surface area contributed by atoms with Crippen LogP contribution in [0.2, 0.25) is 0 Å². The first kappa shape index (κ1) is 24.0. The molecule has 9 nitrogen and oxygen atoms in total. The normalized spacial score (nSPS) is 16.4. The van der Waals surface area contributed by atoms with Crippen LogP contribution >= 0.6 is 0 Å². The lowest BCUT2D eigenvalue weighted by Gasteiger charge is -2.33. The molecule has 10 heteroatoms. The Morgan fingerprint density at radius 1 is 0.917 bits per heavy atom. The van der Waals surface area contributed by atoms with Crippen molar-refractivity contribution in [3.05, 3.63) is 78.1 Å². The van der Waals surface area contributed by atoms with E-state index in [4.69, 9.17) is 0 Å². The van der Waals surface area contributed by atoms with E-state index in [1.54, 1.807) is 36.4 Å². The lowest BCUT2D eigenvalue weighted by molar-refractivity contribution is 0.312. The molecule has 0 atom stereocenters. The first-order chi connectivity index (χ1) is 17.4. The number of amidine groups is 1. The van der Waals surface area contributed by atoms with Gasteiger partial charge in [-0.25, -0.2) is 18.4 Å². The van der Waals surface area contributed by atoms with Crippen LogP contribution in [0.3, 0.4) is 0 Å². The molecule has 1 aromatic heterocycles. The first-order valence-corrected chi connectivity index (χ1v) is 13.3. The summed E-state index contributed by atoms with van der Waals surface area (Å²) in [7, 11) is -1.53. The van der Waals surface area contributed by atoms with E-state index >= 15 is 0 Å². The van der Waals surface area contributed by atoms with Crippen molar-refractivity contribution in [2.45, 2.75) is 11.8 Å². The van der Waals surface area contributed by atoms with E-state index in [1.807, 2.05) is 37.3 Å². The summed E-state index contributed by atoms with van der Waals surface area (Å²) in [6.07, 6.45) is 1.97. The first-order valence-electron chi connectivity index (χ1n) is 11.9. The third-order valence-electron chi connectivity index (χ3n) is 6.18.